The summed E-state index contributed by atoms with van der Waals surface area (Å²) >= 11 is 0. The minimum absolute atomic E-state index is 0.00658. The Kier molecular flexibility index (Phi) is 4.24. The fraction of sp³-hybridized carbons (Fsp3) is 0.316. The third kappa shape index (κ3) is 2.89. The molecular formula is C19H21NO3. The van der Waals surface area contributed by atoms with Crippen LogP contribution in [0.3, 0.4) is 0 Å². The molecule has 1 aliphatic rings. The van der Waals surface area contributed by atoms with Crippen molar-refractivity contribution in [2.45, 2.75) is 25.3 Å². The highest BCUT2D eigenvalue weighted by Gasteiger charge is 2.34. The van der Waals surface area contributed by atoms with E-state index in [4.69, 9.17) is 9.47 Å². The fourth-order valence-corrected chi connectivity index (χ4v) is 3.01. The lowest BCUT2D eigenvalue weighted by molar-refractivity contribution is -0.123. The van der Waals surface area contributed by atoms with E-state index in [-0.39, 0.29) is 17.9 Å². The zero-order valence-corrected chi connectivity index (χ0v) is 13.6. The van der Waals surface area contributed by atoms with Gasteiger partial charge in [0.1, 0.15) is 0 Å². The predicted molar refractivity (Wildman–Crippen MR) is 89.0 cm³/mol. The molecule has 2 aromatic rings. The van der Waals surface area contributed by atoms with Crippen molar-refractivity contribution >= 4 is 5.91 Å². The van der Waals surface area contributed by atoms with Gasteiger partial charge in [-0.25, -0.2) is 0 Å². The Bertz CT molecular complexity index is 712. The summed E-state index contributed by atoms with van der Waals surface area (Å²) in [5.74, 6) is 1.32. The van der Waals surface area contributed by atoms with E-state index >= 15 is 0 Å². The minimum atomic E-state index is -0.115. The Morgan fingerprint density at radius 1 is 1.13 bits per heavy atom. The lowest BCUT2D eigenvalue weighted by Crippen LogP contribution is -2.36. The van der Waals surface area contributed by atoms with Crippen LogP contribution >= 0.6 is 0 Å². The number of hydrogen-bond donors (Lipinski definition) is 1. The summed E-state index contributed by atoms with van der Waals surface area (Å²) in [5.41, 5.74) is 3.28. The van der Waals surface area contributed by atoms with Crippen molar-refractivity contribution < 1.29 is 14.3 Å². The summed E-state index contributed by atoms with van der Waals surface area (Å²) in [4.78, 5) is 12.5. The number of benzene rings is 2. The summed E-state index contributed by atoms with van der Waals surface area (Å²) in [6.07, 6.45) is 0.739. The highest BCUT2D eigenvalue weighted by Crippen LogP contribution is 2.42. The summed E-state index contributed by atoms with van der Waals surface area (Å²) in [7, 11) is 3.23. The minimum Gasteiger partial charge on any atom is -0.493 e. The van der Waals surface area contributed by atoms with Crippen molar-refractivity contribution in [3.05, 3.63) is 59.2 Å². The first-order chi connectivity index (χ1) is 11.1. The Morgan fingerprint density at radius 3 is 2.43 bits per heavy atom. The van der Waals surface area contributed by atoms with Crippen LogP contribution in [-0.4, -0.2) is 20.1 Å². The lowest BCUT2D eigenvalue weighted by atomic mass is 9.76. The molecule has 0 spiro atoms. The standard InChI is InChI=1S/C19H21NO3/c1-12(13-7-5-4-6-8-13)20-19(21)16-9-14-10-17(22-2)18(23-3)11-15(14)16/h4-8,10-12,16H,9H2,1-3H3,(H,20,21)/t12?,16-/m0/s1. The second kappa shape index (κ2) is 6.32. The summed E-state index contributed by atoms with van der Waals surface area (Å²) < 4.78 is 10.6. The van der Waals surface area contributed by atoms with Gasteiger partial charge in [-0.05, 0) is 42.2 Å². The molecule has 0 fully saturated rings. The van der Waals surface area contributed by atoms with Gasteiger partial charge >= 0.3 is 0 Å². The van der Waals surface area contributed by atoms with Crippen molar-refractivity contribution in [3.63, 3.8) is 0 Å². The van der Waals surface area contributed by atoms with E-state index in [1.165, 1.54) is 0 Å². The Morgan fingerprint density at radius 2 is 1.78 bits per heavy atom. The molecule has 0 heterocycles. The molecule has 23 heavy (non-hydrogen) atoms. The first-order valence-electron chi connectivity index (χ1n) is 7.74. The maximum absolute atomic E-state index is 12.5. The smallest absolute Gasteiger partial charge is 0.228 e. The van der Waals surface area contributed by atoms with E-state index in [0.717, 1.165) is 23.1 Å². The summed E-state index contributed by atoms with van der Waals surface area (Å²) in [6.45, 7) is 2.00. The highest BCUT2D eigenvalue weighted by molar-refractivity contribution is 5.87. The van der Waals surface area contributed by atoms with Crippen LogP contribution in [0.15, 0.2) is 42.5 Å². The van der Waals surface area contributed by atoms with E-state index < -0.39 is 0 Å². The molecule has 0 saturated carbocycles. The van der Waals surface area contributed by atoms with E-state index in [0.29, 0.717) is 11.5 Å². The lowest BCUT2D eigenvalue weighted by Gasteiger charge is -2.31. The van der Waals surface area contributed by atoms with Gasteiger partial charge in [-0.2, -0.15) is 0 Å². The number of amides is 1. The molecule has 0 bridgehead atoms. The molecule has 0 saturated heterocycles. The second-order valence-electron chi connectivity index (χ2n) is 5.80. The van der Waals surface area contributed by atoms with Gasteiger partial charge in [0.2, 0.25) is 5.91 Å². The molecule has 0 radical (unpaired) electrons. The van der Waals surface area contributed by atoms with Crippen LogP contribution < -0.4 is 14.8 Å². The van der Waals surface area contributed by atoms with Gasteiger partial charge in [0.25, 0.3) is 0 Å². The molecule has 4 heteroatoms. The van der Waals surface area contributed by atoms with Crippen LogP contribution in [-0.2, 0) is 11.2 Å². The first-order valence-corrected chi connectivity index (χ1v) is 7.74. The average molecular weight is 311 g/mol. The normalized spacial score (nSPS) is 16.7. The SMILES string of the molecule is COc1cc2c(cc1OC)[C@@H](C(=O)NC(C)c1ccccc1)C2. The molecule has 0 aliphatic heterocycles. The number of carbonyl (C=O) groups is 1. The van der Waals surface area contributed by atoms with Gasteiger partial charge < -0.3 is 14.8 Å². The maximum atomic E-state index is 12.5. The van der Waals surface area contributed by atoms with Gasteiger partial charge in [0.05, 0.1) is 26.2 Å². The van der Waals surface area contributed by atoms with Gasteiger partial charge in [-0.15, -0.1) is 0 Å². The van der Waals surface area contributed by atoms with Crippen molar-refractivity contribution in [2.24, 2.45) is 0 Å². The van der Waals surface area contributed by atoms with Crippen LogP contribution in [0.1, 0.15) is 35.6 Å². The number of nitrogens with one attached hydrogen (secondary N) is 1. The molecule has 1 amide bonds. The van der Waals surface area contributed by atoms with E-state index in [1.54, 1.807) is 14.2 Å². The van der Waals surface area contributed by atoms with Crippen LogP contribution in [0.5, 0.6) is 11.5 Å². The average Bonchev–Trinajstić information content (AvgIpc) is 2.56. The second-order valence-corrected chi connectivity index (χ2v) is 5.80. The van der Waals surface area contributed by atoms with E-state index in [9.17, 15) is 4.79 Å². The number of carbonyl (C=O) groups excluding carboxylic acids is 1. The number of methoxy groups -OCH3 is 2. The third-order valence-corrected chi connectivity index (χ3v) is 4.42. The van der Waals surface area contributed by atoms with Crippen molar-refractivity contribution in [1.29, 1.82) is 0 Å². The Hall–Kier alpha value is -2.49. The Balaban J connectivity index is 1.73. The van der Waals surface area contributed by atoms with E-state index in [1.807, 2.05) is 49.4 Å². The molecule has 1 aliphatic carbocycles. The zero-order chi connectivity index (χ0) is 16.4. The topological polar surface area (TPSA) is 47.6 Å². The predicted octanol–water partition coefficient (Wildman–Crippen LogP) is 3.22. The molecule has 3 rings (SSSR count). The van der Waals surface area contributed by atoms with Gasteiger partial charge in [0.15, 0.2) is 11.5 Å². The largest absolute Gasteiger partial charge is 0.493 e. The summed E-state index contributed by atoms with van der Waals surface area (Å²) in [6, 6.07) is 13.8. The van der Waals surface area contributed by atoms with Crippen molar-refractivity contribution in [3.8, 4) is 11.5 Å². The monoisotopic (exact) mass is 311 g/mol. The maximum Gasteiger partial charge on any atom is 0.228 e. The molecule has 4 nitrogen and oxygen atoms in total. The molecule has 1 unspecified atom stereocenters. The molecule has 120 valence electrons. The first kappa shape index (κ1) is 15.4. The molecule has 0 aromatic heterocycles. The van der Waals surface area contributed by atoms with Crippen LogP contribution in [0.2, 0.25) is 0 Å². The van der Waals surface area contributed by atoms with Crippen LogP contribution in [0.25, 0.3) is 0 Å². The Labute approximate surface area is 136 Å². The quantitative estimate of drug-likeness (QED) is 0.922. The highest BCUT2D eigenvalue weighted by atomic mass is 16.5. The van der Waals surface area contributed by atoms with E-state index in [2.05, 4.69) is 5.32 Å². The van der Waals surface area contributed by atoms with Crippen LogP contribution in [0, 0.1) is 0 Å². The number of ether oxygens (including phenoxy) is 2. The number of rotatable bonds is 5. The molecular weight excluding hydrogens is 290 g/mol. The fourth-order valence-electron chi connectivity index (χ4n) is 3.01. The van der Waals surface area contributed by atoms with Gasteiger partial charge in [-0.1, -0.05) is 30.3 Å². The third-order valence-electron chi connectivity index (χ3n) is 4.42. The molecule has 1 N–H and O–H groups in total. The van der Waals surface area contributed by atoms with Crippen molar-refractivity contribution in [1.82, 2.24) is 5.32 Å². The number of hydrogen-bond acceptors (Lipinski definition) is 3. The zero-order valence-electron chi connectivity index (χ0n) is 13.6. The molecule has 2 aromatic carbocycles. The van der Waals surface area contributed by atoms with Gasteiger partial charge in [-0.3, -0.25) is 4.79 Å². The number of fused-ring (bicyclic) bond motifs is 1. The molecule has 2 atom stereocenters. The van der Waals surface area contributed by atoms with Crippen molar-refractivity contribution in [2.75, 3.05) is 14.2 Å². The van der Waals surface area contributed by atoms with Gasteiger partial charge in [0, 0.05) is 0 Å². The van der Waals surface area contributed by atoms with Crippen LogP contribution in [0.4, 0.5) is 0 Å². The summed E-state index contributed by atoms with van der Waals surface area (Å²) in [5, 5.41) is 3.09.